The number of benzene rings is 2. The lowest BCUT2D eigenvalue weighted by Gasteiger charge is -2.11. The third-order valence-electron chi connectivity index (χ3n) is 4.04. The molecule has 8 nitrogen and oxygen atoms in total. The maximum atomic E-state index is 12.3. The van der Waals surface area contributed by atoms with Gasteiger partial charge in [-0.05, 0) is 48.0 Å². The Kier molecular flexibility index (Phi) is 6.15. The van der Waals surface area contributed by atoms with Crippen molar-refractivity contribution in [3.8, 4) is 17.2 Å². The zero-order valence-electron chi connectivity index (χ0n) is 16.1. The molecule has 0 atom stereocenters. The molecule has 9 heteroatoms. The van der Waals surface area contributed by atoms with E-state index in [0.29, 0.717) is 22.3 Å². The molecule has 0 fully saturated rings. The van der Waals surface area contributed by atoms with Crippen LogP contribution in [0, 0.1) is 13.8 Å². The van der Waals surface area contributed by atoms with Gasteiger partial charge in [-0.25, -0.2) is 0 Å². The fourth-order valence-electron chi connectivity index (χ4n) is 2.65. The fraction of sp³-hybridized carbons (Fsp3) is 0.263. The maximum Gasteiger partial charge on any atom is 0.234 e. The summed E-state index contributed by atoms with van der Waals surface area (Å²) in [6.45, 7) is 3.98. The van der Waals surface area contributed by atoms with Crippen molar-refractivity contribution < 1.29 is 14.3 Å². The minimum Gasteiger partial charge on any atom is -0.497 e. The number of amides is 1. The van der Waals surface area contributed by atoms with Crippen LogP contribution in [0.5, 0.6) is 11.5 Å². The molecular formula is C19H21N5O3S. The van der Waals surface area contributed by atoms with Gasteiger partial charge in [0.15, 0.2) is 0 Å². The lowest BCUT2D eigenvalue weighted by molar-refractivity contribution is -0.113. The highest BCUT2D eigenvalue weighted by Crippen LogP contribution is 2.29. The van der Waals surface area contributed by atoms with E-state index in [9.17, 15) is 4.79 Å². The first-order valence-electron chi connectivity index (χ1n) is 8.52. The zero-order chi connectivity index (χ0) is 20.1. The van der Waals surface area contributed by atoms with Crippen molar-refractivity contribution in [3.63, 3.8) is 0 Å². The summed E-state index contributed by atoms with van der Waals surface area (Å²) in [6.07, 6.45) is 0. The van der Waals surface area contributed by atoms with E-state index in [1.807, 2.05) is 32.0 Å². The van der Waals surface area contributed by atoms with E-state index >= 15 is 0 Å². The lowest BCUT2D eigenvalue weighted by Crippen LogP contribution is -2.15. The van der Waals surface area contributed by atoms with E-state index in [4.69, 9.17) is 9.47 Å². The highest BCUT2D eigenvalue weighted by Gasteiger charge is 2.16. The summed E-state index contributed by atoms with van der Waals surface area (Å²) in [7, 11) is 3.15. The van der Waals surface area contributed by atoms with Crippen molar-refractivity contribution in [1.29, 1.82) is 0 Å². The van der Waals surface area contributed by atoms with Crippen molar-refractivity contribution in [2.24, 2.45) is 0 Å². The number of rotatable bonds is 7. The molecule has 0 bridgehead atoms. The molecule has 0 unspecified atom stereocenters. The molecular weight excluding hydrogens is 378 g/mol. The molecule has 146 valence electrons. The van der Waals surface area contributed by atoms with E-state index in [-0.39, 0.29) is 11.7 Å². The standard InChI is InChI=1S/C19H21N5O3S/c1-12-5-7-15(13(2)9-12)20-18(25)11-28-19-21-22-23-24(19)16-8-6-14(26-3)10-17(16)27-4/h5-10H,11H2,1-4H3,(H,20,25). The summed E-state index contributed by atoms with van der Waals surface area (Å²) in [4.78, 5) is 12.3. The molecule has 0 saturated heterocycles. The smallest absolute Gasteiger partial charge is 0.234 e. The van der Waals surface area contributed by atoms with Crippen molar-refractivity contribution in [1.82, 2.24) is 20.2 Å². The van der Waals surface area contributed by atoms with E-state index < -0.39 is 0 Å². The molecule has 0 aliphatic carbocycles. The Morgan fingerprint density at radius 1 is 1.14 bits per heavy atom. The van der Waals surface area contributed by atoms with Gasteiger partial charge in [-0.3, -0.25) is 4.79 Å². The van der Waals surface area contributed by atoms with E-state index in [2.05, 4.69) is 20.8 Å². The Hall–Kier alpha value is -3.07. The van der Waals surface area contributed by atoms with Gasteiger partial charge in [-0.1, -0.05) is 29.5 Å². The van der Waals surface area contributed by atoms with Crippen LogP contribution in [0.15, 0.2) is 41.6 Å². The van der Waals surface area contributed by atoms with Crippen LogP contribution in [0.1, 0.15) is 11.1 Å². The predicted molar refractivity (Wildman–Crippen MR) is 108 cm³/mol. The number of methoxy groups -OCH3 is 2. The van der Waals surface area contributed by atoms with Gasteiger partial charge in [0.25, 0.3) is 0 Å². The van der Waals surface area contributed by atoms with E-state index in [1.165, 1.54) is 16.4 Å². The number of anilines is 1. The Balaban J connectivity index is 1.72. The molecule has 0 aliphatic rings. The first-order chi connectivity index (χ1) is 13.5. The highest BCUT2D eigenvalue weighted by molar-refractivity contribution is 7.99. The monoisotopic (exact) mass is 399 g/mol. The number of aromatic nitrogens is 4. The van der Waals surface area contributed by atoms with Gasteiger partial charge in [0.05, 0.1) is 20.0 Å². The van der Waals surface area contributed by atoms with Gasteiger partial charge in [-0.2, -0.15) is 4.68 Å². The Labute approximate surface area is 167 Å². The molecule has 1 N–H and O–H groups in total. The second-order valence-electron chi connectivity index (χ2n) is 6.07. The SMILES string of the molecule is COc1ccc(-n2nnnc2SCC(=O)Nc2ccc(C)cc2C)c(OC)c1. The average Bonchev–Trinajstić information content (AvgIpc) is 3.16. The summed E-state index contributed by atoms with van der Waals surface area (Å²) in [5.41, 5.74) is 3.63. The second-order valence-corrected chi connectivity index (χ2v) is 7.01. The van der Waals surface area contributed by atoms with E-state index in [0.717, 1.165) is 16.8 Å². The Bertz CT molecular complexity index is 989. The lowest BCUT2D eigenvalue weighted by atomic mass is 10.1. The van der Waals surface area contributed by atoms with Crippen molar-refractivity contribution >= 4 is 23.4 Å². The number of hydrogen-bond donors (Lipinski definition) is 1. The summed E-state index contributed by atoms with van der Waals surface area (Å²) >= 11 is 1.24. The third kappa shape index (κ3) is 4.42. The van der Waals surface area contributed by atoms with E-state index in [1.54, 1.807) is 32.4 Å². The van der Waals surface area contributed by atoms with Crippen LogP contribution in [0.3, 0.4) is 0 Å². The van der Waals surface area contributed by atoms with Gasteiger partial charge in [0, 0.05) is 11.8 Å². The number of carbonyl (C=O) groups excluding carboxylic acids is 1. The maximum absolute atomic E-state index is 12.3. The topological polar surface area (TPSA) is 91.2 Å². The van der Waals surface area contributed by atoms with Crippen molar-refractivity contribution in [2.75, 3.05) is 25.3 Å². The van der Waals surface area contributed by atoms with Crippen LogP contribution in [0.2, 0.25) is 0 Å². The largest absolute Gasteiger partial charge is 0.497 e. The molecule has 28 heavy (non-hydrogen) atoms. The summed E-state index contributed by atoms with van der Waals surface area (Å²) in [6, 6.07) is 11.2. The molecule has 3 rings (SSSR count). The molecule has 1 aromatic heterocycles. The number of tetrazole rings is 1. The number of hydrogen-bond acceptors (Lipinski definition) is 7. The van der Waals surface area contributed by atoms with Gasteiger partial charge in [0.2, 0.25) is 11.1 Å². The number of nitrogens with one attached hydrogen (secondary N) is 1. The van der Waals surface area contributed by atoms with Crippen LogP contribution in [-0.4, -0.2) is 46.1 Å². The van der Waals surface area contributed by atoms with Gasteiger partial charge in [0.1, 0.15) is 17.2 Å². The van der Waals surface area contributed by atoms with Crippen molar-refractivity contribution in [3.05, 3.63) is 47.5 Å². The number of carbonyl (C=O) groups is 1. The minimum atomic E-state index is -0.131. The first-order valence-corrected chi connectivity index (χ1v) is 9.51. The highest BCUT2D eigenvalue weighted by atomic mass is 32.2. The zero-order valence-corrected chi connectivity index (χ0v) is 16.9. The molecule has 1 heterocycles. The Morgan fingerprint density at radius 3 is 2.68 bits per heavy atom. The van der Waals surface area contributed by atoms with Gasteiger partial charge < -0.3 is 14.8 Å². The third-order valence-corrected chi connectivity index (χ3v) is 4.96. The van der Waals surface area contributed by atoms with Crippen LogP contribution in [-0.2, 0) is 4.79 Å². The molecule has 0 saturated carbocycles. The summed E-state index contributed by atoms with van der Waals surface area (Å²) in [5.74, 6) is 1.27. The van der Waals surface area contributed by atoms with Crippen LogP contribution in [0.4, 0.5) is 5.69 Å². The number of nitrogens with zero attached hydrogens (tertiary/aromatic N) is 4. The molecule has 0 radical (unpaired) electrons. The molecule has 3 aromatic rings. The van der Waals surface area contributed by atoms with Crippen molar-refractivity contribution in [2.45, 2.75) is 19.0 Å². The number of thioether (sulfide) groups is 1. The first kappa shape index (κ1) is 19.7. The molecule has 2 aromatic carbocycles. The minimum absolute atomic E-state index is 0.131. The number of ether oxygens (including phenoxy) is 2. The van der Waals surface area contributed by atoms with Gasteiger partial charge in [-0.15, -0.1) is 5.10 Å². The van der Waals surface area contributed by atoms with Gasteiger partial charge >= 0.3 is 0 Å². The van der Waals surface area contributed by atoms with Crippen LogP contribution in [0.25, 0.3) is 5.69 Å². The fourth-order valence-corrected chi connectivity index (χ4v) is 3.33. The predicted octanol–water partition coefficient (Wildman–Crippen LogP) is 3.03. The normalized spacial score (nSPS) is 10.6. The average molecular weight is 399 g/mol. The van der Waals surface area contributed by atoms with Crippen LogP contribution < -0.4 is 14.8 Å². The number of aryl methyl sites for hydroxylation is 2. The molecule has 0 aliphatic heterocycles. The molecule has 0 spiro atoms. The second kappa shape index (κ2) is 8.75. The summed E-state index contributed by atoms with van der Waals surface area (Å²) < 4.78 is 12.2. The quantitative estimate of drug-likeness (QED) is 0.611. The van der Waals surface area contributed by atoms with Crippen LogP contribution >= 0.6 is 11.8 Å². The Morgan fingerprint density at radius 2 is 1.96 bits per heavy atom. The summed E-state index contributed by atoms with van der Waals surface area (Å²) in [5, 5.41) is 15.2. The molecule has 1 amide bonds.